The second kappa shape index (κ2) is 11.1. The highest BCUT2D eigenvalue weighted by Crippen LogP contribution is 2.46. The molecule has 1 aliphatic rings. The van der Waals surface area contributed by atoms with Crippen molar-refractivity contribution in [1.82, 2.24) is 4.57 Å². The Morgan fingerprint density at radius 1 is 1.06 bits per heavy atom. The monoisotopic (exact) mass is 475 g/mol. The molecule has 2 aromatic carbocycles. The molecule has 1 N–H and O–H groups in total. The van der Waals surface area contributed by atoms with Crippen molar-refractivity contribution in [3.8, 4) is 11.5 Å². The first-order valence-electron chi connectivity index (χ1n) is 11.5. The molecule has 0 amide bonds. The van der Waals surface area contributed by atoms with Crippen LogP contribution in [0.2, 0.25) is 0 Å². The molecular formula is C28H29NO6. The molecule has 0 atom stereocenters. The summed E-state index contributed by atoms with van der Waals surface area (Å²) in [7, 11) is 1.61. The number of carbonyl (C=O) groups excluding carboxylic acids is 1. The van der Waals surface area contributed by atoms with Crippen LogP contribution in [0, 0.1) is 5.41 Å². The van der Waals surface area contributed by atoms with Gasteiger partial charge < -0.3 is 23.9 Å². The summed E-state index contributed by atoms with van der Waals surface area (Å²) in [5.41, 5.74) is 1.70. The molecule has 0 spiro atoms. The lowest BCUT2D eigenvalue weighted by Gasteiger charge is -2.12. The Labute approximate surface area is 204 Å². The minimum absolute atomic E-state index is 0.0910. The van der Waals surface area contributed by atoms with Crippen LogP contribution < -0.4 is 9.47 Å². The first-order valence-corrected chi connectivity index (χ1v) is 11.5. The topological polar surface area (TPSA) is 87.0 Å². The molecule has 1 saturated carbocycles. The van der Waals surface area contributed by atoms with Crippen LogP contribution in [0.1, 0.15) is 34.5 Å². The van der Waals surface area contributed by atoms with Gasteiger partial charge in [0, 0.05) is 6.20 Å². The average Bonchev–Trinajstić information content (AvgIpc) is 3.52. The first-order chi connectivity index (χ1) is 17.0. The van der Waals surface area contributed by atoms with Crippen molar-refractivity contribution in [2.75, 3.05) is 20.3 Å². The maximum absolute atomic E-state index is 12.7. The number of ether oxygens (including phenoxy) is 3. The van der Waals surface area contributed by atoms with Crippen molar-refractivity contribution in [2.24, 2.45) is 5.41 Å². The summed E-state index contributed by atoms with van der Waals surface area (Å²) in [6, 6.07) is 18.7. The van der Waals surface area contributed by atoms with Gasteiger partial charge in [-0.05, 0) is 66.4 Å². The predicted molar refractivity (Wildman–Crippen MR) is 132 cm³/mol. The molecule has 0 unspecified atom stereocenters. The number of aliphatic carboxylic acids is 1. The lowest BCUT2D eigenvalue weighted by Crippen LogP contribution is -2.21. The highest BCUT2D eigenvalue weighted by atomic mass is 16.5. The number of hydrogen-bond donors (Lipinski definition) is 1. The second-order valence-corrected chi connectivity index (χ2v) is 8.64. The molecular weight excluding hydrogens is 446 g/mol. The molecule has 3 aromatic rings. The number of allylic oxidation sites excluding steroid dienone is 1. The maximum atomic E-state index is 12.7. The predicted octanol–water partition coefficient (Wildman–Crippen LogP) is 4.85. The Morgan fingerprint density at radius 2 is 1.86 bits per heavy atom. The molecule has 7 heteroatoms. The van der Waals surface area contributed by atoms with Crippen LogP contribution in [0.15, 0.2) is 72.9 Å². The second-order valence-electron chi connectivity index (χ2n) is 8.64. The summed E-state index contributed by atoms with van der Waals surface area (Å²) in [6.45, 7) is 1.47. The van der Waals surface area contributed by atoms with E-state index in [1.807, 2.05) is 65.4 Å². The first kappa shape index (κ1) is 24.3. The molecule has 1 aliphatic carbocycles. The van der Waals surface area contributed by atoms with E-state index in [0.29, 0.717) is 44.0 Å². The number of aromatic nitrogens is 1. The fraction of sp³-hybridized carbons (Fsp3) is 0.286. The van der Waals surface area contributed by atoms with Crippen molar-refractivity contribution < 1.29 is 28.9 Å². The van der Waals surface area contributed by atoms with E-state index < -0.39 is 11.4 Å². The van der Waals surface area contributed by atoms with E-state index in [1.165, 1.54) is 0 Å². The molecule has 182 valence electrons. The quantitative estimate of drug-likeness (QED) is 0.281. The van der Waals surface area contributed by atoms with E-state index in [4.69, 9.17) is 14.2 Å². The minimum atomic E-state index is -0.784. The van der Waals surface area contributed by atoms with E-state index in [2.05, 4.69) is 0 Å². The van der Waals surface area contributed by atoms with E-state index in [9.17, 15) is 14.7 Å². The third-order valence-electron chi connectivity index (χ3n) is 6.06. The minimum Gasteiger partial charge on any atom is -0.497 e. The van der Waals surface area contributed by atoms with Gasteiger partial charge in [0.05, 0.1) is 38.0 Å². The van der Waals surface area contributed by atoms with Gasteiger partial charge in [0.15, 0.2) is 0 Å². The van der Waals surface area contributed by atoms with Crippen molar-refractivity contribution in [2.45, 2.75) is 26.0 Å². The van der Waals surface area contributed by atoms with Gasteiger partial charge in [-0.2, -0.15) is 0 Å². The van der Waals surface area contributed by atoms with Gasteiger partial charge in [0.25, 0.3) is 0 Å². The van der Waals surface area contributed by atoms with Gasteiger partial charge in [-0.25, -0.2) is 0 Å². The number of carboxylic acids is 1. The molecule has 4 rings (SSSR count). The zero-order chi connectivity index (χ0) is 24.7. The van der Waals surface area contributed by atoms with E-state index >= 15 is 0 Å². The van der Waals surface area contributed by atoms with Crippen LogP contribution in [0.3, 0.4) is 0 Å². The largest absolute Gasteiger partial charge is 0.497 e. The highest BCUT2D eigenvalue weighted by molar-refractivity contribution is 6.05. The summed E-state index contributed by atoms with van der Waals surface area (Å²) in [4.78, 5) is 24.0. The fourth-order valence-electron chi connectivity index (χ4n) is 3.76. The average molecular weight is 476 g/mol. The lowest BCUT2D eigenvalue weighted by atomic mass is 10.1. The normalized spacial score (nSPS) is 14.1. The molecule has 1 fully saturated rings. The molecule has 0 radical (unpaired) electrons. The maximum Gasteiger partial charge on any atom is 0.311 e. The van der Waals surface area contributed by atoms with Crippen molar-refractivity contribution in [3.63, 3.8) is 0 Å². The summed E-state index contributed by atoms with van der Waals surface area (Å²) in [5, 5.41) is 9.24. The summed E-state index contributed by atoms with van der Waals surface area (Å²) < 4.78 is 18.6. The number of ketones is 1. The SMILES string of the molecule is COc1cccc(/C=C/C(=O)c2cccn2CCOc2cccc(COCC3(C(=O)O)CC3)c2)c1. The molecule has 1 aromatic heterocycles. The summed E-state index contributed by atoms with van der Waals surface area (Å²) in [6.07, 6.45) is 6.53. The number of methoxy groups -OCH3 is 1. The Morgan fingerprint density at radius 3 is 2.63 bits per heavy atom. The molecule has 7 nitrogen and oxygen atoms in total. The molecule has 35 heavy (non-hydrogen) atoms. The van der Waals surface area contributed by atoms with Gasteiger partial charge in [-0.1, -0.05) is 30.3 Å². The van der Waals surface area contributed by atoms with Gasteiger partial charge >= 0.3 is 5.97 Å². The lowest BCUT2D eigenvalue weighted by molar-refractivity contribution is -0.146. The molecule has 0 aliphatic heterocycles. The van der Waals surface area contributed by atoms with Crippen molar-refractivity contribution in [1.29, 1.82) is 0 Å². The number of nitrogens with zero attached hydrogens (tertiary/aromatic N) is 1. The highest BCUT2D eigenvalue weighted by Gasteiger charge is 2.50. The van der Waals surface area contributed by atoms with Crippen LogP contribution in [-0.4, -0.2) is 41.7 Å². The van der Waals surface area contributed by atoms with Crippen LogP contribution in [0.4, 0.5) is 0 Å². The zero-order valence-corrected chi connectivity index (χ0v) is 19.7. The van der Waals surface area contributed by atoms with E-state index in [0.717, 1.165) is 16.9 Å². The van der Waals surface area contributed by atoms with E-state index in [-0.39, 0.29) is 12.4 Å². The smallest absolute Gasteiger partial charge is 0.311 e. The summed E-state index contributed by atoms with van der Waals surface area (Å²) in [5.74, 6) is 0.561. The number of carbonyl (C=O) groups is 2. The number of carboxylic acid groups (broad SMARTS) is 1. The van der Waals surface area contributed by atoms with Gasteiger partial charge in [0.2, 0.25) is 5.78 Å². The van der Waals surface area contributed by atoms with Gasteiger partial charge in [-0.15, -0.1) is 0 Å². The van der Waals surface area contributed by atoms with Crippen LogP contribution in [-0.2, 0) is 22.7 Å². The Kier molecular flexibility index (Phi) is 7.67. The van der Waals surface area contributed by atoms with Gasteiger partial charge in [0.1, 0.15) is 18.1 Å². The van der Waals surface area contributed by atoms with Crippen molar-refractivity contribution in [3.05, 3.63) is 89.8 Å². The Bertz CT molecular complexity index is 1210. The molecule has 0 saturated heterocycles. The molecule has 0 bridgehead atoms. The number of benzene rings is 2. The Balaban J connectivity index is 1.27. The molecule has 1 heterocycles. The van der Waals surface area contributed by atoms with Crippen LogP contribution in [0.25, 0.3) is 6.08 Å². The van der Waals surface area contributed by atoms with Crippen molar-refractivity contribution >= 4 is 17.8 Å². The fourth-order valence-corrected chi connectivity index (χ4v) is 3.76. The Hall–Kier alpha value is -3.84. The standard InChI is InChI=1S/C28H29NO6/c1-33-23-7-2-5-21(17-23)10-11-26(30)25-9-4-14-29(25)15-16-35-24-8-3-6-22(18-24)19-34-20-28(12-13-28)27(31)32/h2-11,14,17-18H,12-13,15-16,19-20H2,1H3,(H,31,32)/b11-10+. The van der Waals surface area contributed by atoms with E-state index in [1.54, 1.807) is 25.3 Å². The third kappa shape index (κ3) is 6.39. The zero-order valence-electron chi connectivity index (χ0n) is 19.7. The van der Waals surface area contributed by atoms with Crippen LogP contribution >= 0.6 is 0 Å². The third-order valence-corrected chi connectivity index (χ3v) is 6.06. The van der Waals surface area contributed by atoms with Gasteiger partial charge in [-0.3, -0.25) is 9.59 Å². The van der Waals surface area contributed by atoms with Crippen LogP contribution in [0.5, 0.6) is 11.5 Å². The number of rotatable bonds is 13. The summed E-state index contributed by atoms with van der Waals surface area (Å²) >= 11 is 0. The number of hydrogen-bond acceptors (Lipinski definition) is 5.